The normalized spacial score (nSPS) is 10.7. The van der Waals surface area contributed by atoms with E-state index in [0.29, 0.717) is 17.4 Å². The standard InChI is InChI=1S/C33H31NO.C2H3N.CH3.Ni/c1-21(2)26-16-10-17-27(22(3)4)32(26)34-20-25-13-9-18-30(33(25)35)31-28-14-7-5-11-23(28)19-24-12-6-8-15-29(24)31;1-2-3;;/h5-22,35H,1-4H3;1H3;1H3;/q;;-1;. The van der Waals surface area contributed by atoms with E-state index in [1.807, 2.05) is 24.4 Å². The molecule has 0 aliphatic carbocycles. The van der Waals surface area contributed by atoms with Crippen molar-refractivity contribution >= 4 is 33.4 Å². The fourth-order valence-electron chi connectivity index (χ4n) is 4.97. The molecular formula is C36H37N2NiO-. The summed E-state index contributed by atoms with van der Waals surface area (Å²) in [7, 11) is 0. The molecule has 0 spiro atoms. The van der Waals surface area contributed by atoms with Crippen molar-refractivity contribution in [3.05, 3.63) is 115 Å². The molecule has 0 aliphatic rings. The van der Waals surface area contributed by atoms with Crippen molar-refractivity contribution in [1.82, 2.24) is 0 Å². The maximum Gasteiger partial charge on any atom is 0.132 e. The average Bonchev–Trinajstić information content (AvgIpc) is 2.91. The summed E-state index contributed by atoms with van der Waals surface area (Å²) in [6.45, 7) is 10.2. The second-order valence-electron chi connectivity index (χ2n) is 10.0. The third-order valence-electron chi connectivity index (χ3n) is 6.78. The molecule has 40 heavy (non-hydrogen) atoms. The van der Waals surface area contributed by atoms with Gasteiger partial charge in [-0.05, 0) is 56.6 Å². The molecule has 0 heterocycles. The van der Waals surface area contributed by atoms with Crippen LogP contribution in [0.4, 0.5) is 5.69 Å². The third-order valence-corrected chi connectivity index (χ3v) is 6.78. The van der Waals surface area contributed by atoms with Gasteiger partial charge in [-0.25, -0.2) is 0 Å². The van der Waals surface area contributed by atoms with Crippen LogP contribution in [0.15, 0.2) is 96.0 Å². The molecule has 4 heteroatoms. The van der Waals surface area contributed by atoms with Crippen LogP contribution in [0, 0.1) is 18.8 Å². The number of phenolic OH excluding ortho intramolecular Hbond substituents is 1. The second kappa shape index (κ2) is 14.5. The number of hydrogen-bond donors (Lipinski definition) is 1. The molecule has 5 rings (SSSR count). The molecule has 5 aromatic rings. The van der Waals surface area contributed by atoms with Crippen LogP contribution in [0.1, 0.15) is 63.1 Å². The van der Waals surface area contributed by atoms with Gasteiger partial charge in [-0.15, -0.1) is 0 Å². The quantitative estimate of drug-likeness (QED) is 0.0986. The van der Waals surface area contributed by atoms with Gasteiger partial charge >= 0.3 is 0 Å². The summed E-state index contributed by atoms with van der Waals surface area (Å²) in [6.07, 6.45) is 1.82. The van der Waals surface area contributed by atoms with E-state index in [0.717, 1.165) is 38.4 Å². The fraction of sp³-hybridized carbons (Fsp3) is 0.194. The van der Waals surface area contributed by atoms with Crippen molar-refractivity contribution < 1.29 is 21.6 Å². The molecule has 0 fully saturated rings. The van der Waals surface area contributed by atoms with Gasteiger partial charge in [-0.3, -0.25) is 4.99 Å². The Morgan fingerprint density at radius 3 is 1.73 bits per heavy atom. The average molecular weight is 572 g/mol. The molecule has 0 aliphatic heterocycles. The van der Waals surface area contributed by atoms with E-state index >= 15 is 0 Å². The van der Waals surface area contributed by atoms with Crippen LogP contribution in [0.3, 0.4) is 0 Å². The van der Waals surface area contributed by atoms with Crippen LogP contribution in [-0.2, 0) is 16.5 Å². The Morgan fingerprint density at radius 1 is 0.750 bits per heavy atom. The monoisotopic (exact) mass is 571 g/mol. The SMILES string of the molecule is CC#N.CC(C)c1cccc(C(C)C)c1N=Cc1cccc(-c2c3ccccc3cc3ccccc23)c1O.[CH3-].[Ni]. The van der Waals surface area contributed by atoms with E-state index in [-0.39, 0.29) is 29.7 Å². The summed E-state index contributed by atoms with van der Waals surface area (Å²) < 4.78 is 0. The van der Waals surface area contributed by atoms with Gasteiger partial charge in [-0.2, -0.15) is 5.26 Å². The van der Waals surface area contributed by atoms with Crippen molar-refractivity contribution in [2.75, 3.05) is 0 Å². The molecule has 0 atom stereocenters. The molecule has 208 valence electrons. The Morgan fingerprint density at radius 2 is 1.23 bits per heavy atom. The van der Waals surface area contributed by atoms with E-state index in [9.17, 15) is 5.11 Å². The van der Waals surface area contributed by atoms with Gasteiger partial charge in [0.2, 0.25) is 0 Å². The Kier molecular flexibility index (Phi) is 11.7. The first-order valence-electron chi connectivity index (χ1n) is 13.1. The van der Waals surface area contributed by atoms with E-state index in [4.69, 9.17) is 10.3 Å². The maximum absolute atomic E-state index is 11.5. The number of aromatic hydroxyl groups is 1. The van der Waals surface area contributed by atoms with Crippen LogP contribution < -0.4 is 0 Å². The molecule has 0 aromatic heterocycles. The van der Waals surface area contributed by atoms with E-state index in [1.165, 1.54) is 18.1 Å². The Hall–Kier alpha value is -3.93. The molecule has 0 saturated heterocycles. The second-order valence-corrected chi connectivity index (χ2v) is 10.0. The number of fused-ring (bicyclic) bond motifs is 2. The Balaban J connectivity index is 0.00000107. The topological polar surface area (TPSA) is 56.4 Å². The van der Waals surface area contributed by atoms with Crippen molar-refractivity contribution in [2.45, 2.75) is 46.5 Å². The largest absolute Gasteiger partial charge is 0.507 e. The Bertz CT molecular complexity index is 1580. The predicted molar refractivity (Wildman–Crippen MR) is 168 cm³/mol. The van der Waals surface area contributed by atoms with E-state index < -0.39 is 0 Å². The number of aliphatic imine (C=N–C) groups is 1. The smallest absolute Gasteiger partial charge is 0.132 e. The number of benzene rings is 5. The number of nitrogens with zero attached hydrogens (tertiary/aromatic N) is 2. The van der Waals surface area contributed by atoms with Crippen LogP contribution in [0.25, 0.3) is 32.7 Å². The summed E-state index contributed by atoms with van der Waals surface area (Å²) in [6, 6.07) is 33.1. The molecule has 0 amide bonds. The first-order valence-corrected chi connectivity index (χ1v) is 13.1. The molecule has 0 unspecified atom stereocenters. The number of nitriles is 1. The summed E-state index contributed by atoms with van der Waals surface area (Å²) in [5.41, 5.74) is 6.05. The molecule has 5 aromatic carbocycles. The predicted octanol–water partition coefficient (Wildman–Crippen LogP) is 10.3. The fourth-order valence-corrected chi connectivity index (χ4v) is 4.97. The minimum atomic E-state index is 0. The zero-order valence-corrected chi connectivity index (χ0v) is 25.0. The zero-order chi connectivity index (χ0) is 27.2. The minimum Gasteiger partial charge on any atom is -0.507 e. The Labute approximate surface area is 249 Å². The third kappa shape index (κ3) is 6.61. The molecular weight excluding hydrogens is 535 g/mol. The minimum absolute atomic E-state index is 0. The van der Waals surface area contributed by atoms with Crippen LogP contribution >= 0.6 is 0 Å². The van der Waals surface area contributed by atoms with Crippen LogP contribution in [0.2, 0.25) is 0 Å². The summed E-state index contributed by atoms with van der Waals surface area (Å²) in [4.78, 5) is 4.95. The van der Waals surface area contributed by atoms with Crippen molar-refractivity contribution in [1.29, 1.82) is 5.26 Å². The van der Waals surface area contributed by atoms with Gasteiger partial charge in [0, 0.05) is 46.3 Å². The van der Waals surface area contributed by atoms with E-state index in [1.54, 1.807) is 6.07 Å². The number of para-hydroxylation sites is 2. The summed E-state index contributed by atoms with van der Waals surface area (Å²) in [5, 5.41) is 23.4. The van der Waals surface area contributed by atoms with Gasteiger partial charge in [0.05, 0.1) is 11.8 Å². The maximum atomic E-state index is 11.5. The summed E-state index contributed by atoms with van der Waals surface area (Å²) in [5.74, 6) is 0.983. The van der Waals surface area contributed by atoms with E-state index in [2.05, 4.69) is 100 Å². The first-order chi connectivity index (χ1) is 18.4. The van der Waals surface area contributed by atoms with Gasteiger partial charge in [0.1, 0.15) is 5.75 Å². The van der Waals surface area contributed by atoms with Gasteiger partial charge in [0.15, 0.2) is 0 Å². The van der Waals surface area contributed by atoms with Gasteiger partial charge in [-0.1, -0.05) is 107 Å². The molecule has 0 radical (unpaired) electrons. The van der Waals surface area contributed by atoms with Crippen LogP contribution in [0.5, 0.6) is 5.75 Å². The molecule has 0 saturated carbocycles. The van der Waals surface area contributed by atoms with Crippen molar-refractivity contribution in [2.24, 2.45) is 4.99 Å². The first kappa shape index (κ1) is 32.3. The van der Waals surface area contributed by atoms with Crippen molar-refractivity contribution in [3.63, 3.8) is 0 Å². The summed E-state index contributed by atoms with van der Waals surface area (Å²) >= 11 is 0. The zero-order valence-electron chi connectivity index (χ0n) is 24.1. The molecule has 0 bridgehead atoms. The molecule has 3 nitrogen and oxygen atoms in total. The number of rotatable bonds is 5. The van der Waals surface area contributed by atoms with Gasteiger partial charge < -0.3 is 12.5 Å². The number of phenols is 1. The van der Waals surface area contributed by atoms with Crippen LogP contribution in [-0.4, -0.2) is 11.3 Å². The molecule has 1 N–H and O–H groups in total. The van der Waals surface area contributed by atoms with Crippen molar-refractivity contribution in [3.8, 4) is 22.9 Å². The van der Waals surface area contributed by atoms with Gasteiger partial charge in [0.25, 0.3) is 0 Å². The number of hydrogen-bond acceptors (Lipinski definition) is 3.